The molecule has 9 heteroatoms. The summed E-state index contributed by atoms with van der Waals surface area (Å²) < 4.78 is 34.9. The maximum Gasteiger partial charge on any atom is 0.264 e. The van der Waals surface area contributed by atoms with Crippen LogP contribution in [0.25, 0.3) is 0 Å². The van der Waals surface area contributed by atoms with Crippen LogP contribution in [0.1, 0.15) is 50.3 Å². The number of halogens is 2. The maximum absolute atomic E-state index is 13.8. The van der Waals surface area contributed by atoms with E-state index in [4.69, 9.17) is 27.9 Å². The topological polar surface area (TPSA) is 75.7 Å². The van der Waals surface area contributed by atoms with E-state index < -0.39 is 28.1 Å². The average molecular weight is 562 g/mol. The highest BCUT2D eigenvalue weighted by Gasteiger charge is 2.39. The number of hydrogen-bond acceptors (Lipinski definition) is 4. The molecule has 1 aliphatic heterocycles. The predicted octanol–water partition coefficient (Wildman–Crippen LogP) is 6.70. The average Bonchev–Trinajstić information content (AvgIpc) is 2.89. The molecule has 1 atom stereocenters. The molecule has 0 saturated carbocycles. The van der Waals surface area contributed by atoms with Crippen molar-refractivity contribution < 1.29 is 17.9 Å². The quantitative estimate of drug-likeness (QED) is 0.332. The summed E-state index contributed by atoms with van der Waals surface area (Å²) in [6.07, 6.45) is 2.12. The van der Waals surface area contributed by atoms with Crippen LogP contribution in [-0.2, 0) is 14.8 Å². The lowest BCUT2D eigenvalue weighted by molar-refractivity contribution is -0.121. The lowest BCUT2D eigenvalue weighted by Gasteiger charge is -2.41. The normalized spacial score (nSPS) is 16.4. The number of sulfonamides is 1. The van der Waals surface area contributed by atoms with Crippen molar-refractivity contribution in [3.05, 3.63) is 87.9 Å². The molecule has 0 radical (unpaired) electrons. The third kappa shape index (κ3) is 5.59. The Morgan fingerprint density at radius 3 is 2.38 bits per heavy atom. The molecule has 0 aromatic heterocycles. The molecule has 0 bridgehead atoms. The molecule has 1 N–H and O–H groups in total. The van der Waals surface area contributed by atoms with Crippen molar-refractivity contribution >= 4 is 44.8 Å². The van der Waals surface area contributed by atoms with E-state index in [1.807, 2.05) is 31.2 Å². The van der Waals surface area contributed by atoms with Gasteiger partial charge in [-0.25, -0.2) is 8.42 Å². The zero-order chi connectivity index (χ0) is 26.8. The van der Waals surface area contributed by atoms with Crippen molar-refractivity contribution in [1.82, 2.24) is 5.32 Å². The van der Waals surface area contributed by atoms with Crippen LogP contribution < -0.4 is 14.4 Å². The molecule has 1 heterocycles. The third-order valence-corrected chi connectivity index (χ3v) is 9.50. The van der Waals surface area contributed by atoms with Crippen molar-refractivity contribution in [1.29, 1.82) is 0 Å². The second-order valence-electron chi connectivity index (χ2n) is 9.25. The Balaban J connectivity index is 1.69. The highest BCUT2D eigenvalue weighted by Crippen LogP contribution is 2.43. The summed E-state index contributed by atoms with van der Waals surface area (Å²) in [4.78, 5) is 13.5. The number of nitrogens with one attached hydrogen (secondary N) is 1. The Morgan fingerprint density at radius 2 is 1.70 bits per heavy atom. The van der Waals surface area contributed by atoms with Gasteiger partial charge in [-0.3, -0.25) is 9.10 Å². The van der Waals surface area contributed by atoms with Gasteiger partial charge in [-0.1, -0.05) is 79.0 Å². The van der Waals surface area contributed by atoms with E-state index in [9.17, 15) is 13.2 Å². The Kier molecular flexibility index (Phi) is 8.07. The maximum atomic E-state index is 13.8. The Morgan fingerprint density at radius 1 is 1.03 bits per heavy atom. The van der Waals surface area contributed by atoms with Crippen molar-refractivity contribution in [3.8, 4) is 5.75 Å². The first-order valence-corrected chi connectivity index (χ1v) is 14.4. The first kappa shape index (κ1) is 27.3. The molecular formula is C28H30Cl2N2O4S. The van der Waals surface area contributed by atoms with E-state index in [1.165, 1.54) is 18.2 Å². The van der Waals surface area contributed by atoms with Crippen LogP contribution in [0.3, 0.4) is 0 Å². The first-order chi connectivity index (χ1) is 17.6. The molecule has 0 fully saturated rings. The zero-order valence-electron chi connectivity index (χ0n) is 21.0. The zero-order valence-corrected chi connectivity index (χ0v) is 23.3. The summed E-state index contributed by atoms with van der Waals surface area (Å²) in [5.74, 6) is 0.263. The fraction of sp³-hybridized carbons (Fsp3) is 0.321. The largest absolute Gasteiger partial charge is 0.487 e. The van der Waals surface area contributed by atoms with E-state index in [2.05, 4.69) is 19.2 Å². The van der Waals surface area contributed by atoms with Crippen LogP contribution >= 0.6 is 23.2 Å². The molecule has 0 unspecified atom stereocenters. The van der Waals surface area contributed by atoms with E-state index >= 15 is 0 Å². The summed E-state index contributed by atoms with van der Waals surface area (Å²) in [5, 5.41) is 3.31. The molecule has 0 saturated heterocycles. The lowest BCUT2D eigenvalue weighted by atomic mass is 9.83. The fourth-order valence-electron chi connectivity index (χ4n) is 4.62. The molecular weight excluding hydrogens is 531 g/mol. The van der Waals surface area contributed by atoms with Crippen LogP contribution in [0.5, 0.6) is 5.75 Å². The van der Waals surface area contributed by atoms with Crippen LogP contribution in [0.2, 0.25) is 10.0 Å². The van der Waals surface area contributed by atoms with Crippen LogP contribution in [0.15, 0.2) is 71.6 Å². The van der Waals surface area contributed by atoms with E-state index in [0.717, 1.165) is 34.0 Å². The molecule has 6 nitrogen and oxygen atoms in total. The molecule has 0 spiro atoms. The van der Waals surface area contributed by atoms with Gasteiger partial charge in [-0.15, -0.1) is 0 Å². The Labute approximate surface area is 228 Å². The standard InChI is InChI=1S/C28H30Cl2N2O4S/c1-4-28(5-2)17-23(21-9-6-7-12-25(21)36-28)31-26(33)18-32(24-11-8-10-22(29)27(24)30)37(34,35)20-15-13-19(3)14-16-20/h6-16,23H,4-5,17-18H2,1-3H3,(H,31,33)/t23-/m1/s1. The van der Waals surface area contributed by atoms with Crippen LogP contribution in [0, 0.1) is 6.92 Å². The SMILES string of the molecule is CCC1(CC)C[C@@H](NC(=O)CN(c2cccc(Cl)c2Cl)S(=O)(=O)c2ccc(C)cc2)c2ccccc2O1. The number of amides is 1. The predicted molar refractivity (Wildman–Crippen MR) is 148 cm³/mol. The Hall–Kier alpha value is -2.74. The minimum atomic E-state index is -4.13. The first-order valence-electron chi connectivity index (χ1n) is 12.2. The molecule has 37 heavy (non-hydrogen) atoms. The number of carbonyl (C=O) groups excluding carboxylic acids is 1. The summed E-state index contributed by atoms with van der Waals surface area (Å²) in [7, 11) is -4.13. The number of rotatable bonds is 8. The number of hydrogen-bond donors (Lipinski definition) is 1. The van der Waals surface area contributed by atoms with Gasteiger partial charge in [0, 0.05) is 12.0 Å². The molecule has 1 aliphatic rings. The van der Waals surface area contributed by atoms with Crippen LogP contribution in [0.4, 0.5) is 5.69 Å². The van der Waals surface area contributed by atoms with Gasteiger partial charge in [0.1, 0.15) is 17.9 Å². The highest BCUT2D eigenvalue weighted by molar-refractivity contribution is 7.92. The van der Waals surface area contributed by atoms with Crippen molar-refractivity contribution in [2.45, 2.75) is 56.6 Å². The summed E-state index contributed by atoms with van der Waals surface area (Å²) in [6.45, 7) is 5.52. The van der Waals surface area contributed by atoms with E-state index in [-0.39, 0.29) is 26.7 Å². The molecule has 1 amide bonds. The summed E-state index contributed by atoms with van der Waals surface area (Å²) >= 11 is 12.7. The molecule has 3 aromatic carbocycles. The minimum Gasteiger partial charge on any atom is -0.487 e. The smallest absolute Gasteiger partial charge is 0.264 e. The highest BCUT2D eigenvalue weighted by atomic mass is 35.5. The number of anilines is 1. The number of benzene rings is 3. The van der Waals surface area contributed by atoms with Gasteiger partial charge in [0.15, 0.2) is 0 Å². The number of carbonyl (C=O) groups is 1. The summed E-state index contributed by atoms with van der Waals surface area (Å²) in [5.41, 5.74) is 1.49. The number of ether oxygens (including phenoxy) is 1. The molecule has 4 rings (SSSR count). The van der Waals surface area contributed by atoms with Gasteiger partial charge in [0.25, 0.3) is 10.0 Å². The van der Waals surface area contributed by atoms with E-state index in [0.29, 0.717) is 6.42 Å². The van der Waals surface area contributed by atoms with Crippen molar-refractivity contribution in [2.24, 2.45) is 0 Å². The second-order valence-corrected chi connectivity index (χ2v) is 11.9. The Bertz CT molecular complexity index is 1390. The number of para-hydroxylation sites is 1. The monoisotopic (exact) mass is 560 g/mol. The number of nitrogens with zero attached hydrogens (tertiary/aromatic N) is 1. The van der Waals surface area contributed by atoms with Crippen LogP contribution in [-0.4, -0.2) is 26.5 Å². The van der Waals surface area contributed by atoms with E-state index in [1.54, 1.807) is 24.3 Å². The lowest BCUT2D eigenvalue weighted by Crippen LogP contribution is -2.47. The van der Waals surface area contributed by atoms with Gasteiger partial charge in [0.2, 0.25) is 5.91 Å². The molecule has 196 valence electrons. The van der Waals surface area contributed by atoms with Crippen molar-refractivity contribution in [3.63, 3.8) is 0 Å². The molecule has 3 aromatic rings. The van der Waals surface area contributed by atoms with Gasteiger partial charge < -0.3 is 10.1 Å². The second kappa shape index (κ2) is 10.9. The molecule has 0 aliphatic carbocycles. The number of fused-ring (bicyclic) bond motifs is 1. The summed E-state index contributed by atoms with van der Waals surface area (Å²) in [6, 6.07) is 18.4. The van der Waals surface area contributed by atoms with Gasteiger partial charge in [-0.05, 0) is 50.1 Å². The van der Waals surface area contributed by atoms with Gasteiger partial charge >= 0.3 is 0 Å². The number of aryl methyl sites for hydroxylation is 1. The minimum absolute atomic E-state index is 0.0503. The third-order valence-electron chi connectivity index (χ3n) is 6.92. The van der Waals surface area contributed by atoms with Gasteiger partial charge in [0.05, 0.1) is 26.7 Å². The fourth-order valence-corrected chi connectivity index (χ4v) is 6.50. The van der Waals surface area contributed by atoms with Crippen molar-refractivity contribution in [2.75, 3.05) is 10.8 Å². The van der Waals surface area contributed by atoms with Gasteiger partial charge in [-0.2, -0.15) is 0 Å².